The van der Waals surface area contributed by atoms with Crippen LogP contribution in [0.1, 0.15) is 0 Å². The summed E-state index contributed by atoms with van der Waals surface area (Å²) in [4.78, 5) is 0. The summed E-state index contributed by atoms with van der Waals surface area (Å²) in [5.41, 5.74) is 0. The molecular weight excluding hydrogens is 179 g/mol. The predicted molar refractivity (Wildman–Crippen MR) is 45.3 cm³/mol. The van der Waals surface area contributed by atoms with E-state index in [2.05, 4.69) is 0 Å². The molecule has 0 aliphatic rings. The van der Waals surface area contributed by atoms with Gasteiger partial charge in [0.15, 0.2) is 6.49 Å². The second-order valence-electron chi connectivity index (χ2n) is 1.96. The molecule has 0 fully saturated rings. The predicted octanol–water partition coefficient (Wildman–Crippen LogP) is 1.76. The Hall–Kier alpha value is 0.830. The first kappa shape index (κ1) is 12.5. The zero-order valence-electron chi connectivity index (χ0n) is 6.05. The molecular formula is C4H12ClO2PS. The zero-order chi connectivity index (χ0) is 8.08. The van der Waals surface area contributed by atoms with Crippen LogP contribution in [0.5, 0.6) is 0 Å². The van der Waals surface area contributed by atoms with Crippen LogP contribution in [-0.4, -0.2) is 30.4 Å². The summed E-state index contributed by atoms with van der Waals surface area (Å²) in [5.74, 6) is 0. The molecule has 0 heterocycles. The fourth-order valence-corrected chi connectivity index (χ4v) is 0. The van der Waals surface area contributed by atoms with E-state index in [1.54, 1.807) is 12.5 Å². The van der Waals surface area contributed by atoms with Crippen LogP contribution < -0.4 is 0 Å². The summed E-state index contributed by atoms with van der Waals surface area (Å²) in [5, 5.41) is 0. The van der Waals surface area contributed by atoms with Gasteiger partial charge in [0, 0.05) is 13.3 Å². The largest absolute Gasteiger partial charge is 0.617 e. The second kappa shape index (κ2) is 5.60. The highest BCUT2D eigenvalue weighted by Gasteiger charge is 1.93. The second-order valence-corrected chi connectivity index (χ2v) is 8.33. The minimum Gasteiger partial charge on any atom is -0.617 e. The Morgan fingerprint density at radius 1 is 1.44 bits per heavy atom. The van der Waals surface area contributed by atoms with Crippen molar-refractivity contribution in [3.05, 3.63) is 0 Å². The van der Waals surface area contributed by atoms with Crippen LogP contribution in [0.4, 0.5) is 0 Å². The maximum absolute atomic E-state index is 9.98. The third-order valence-electron chi connectivity index (χ3n) is 0. The molecule has 0 N–H and O–H groups in total. The average Bonchev–Trinajstić information content (AvgIpc) is 1.19. The Labute approximate surface area is 64.3 Å². The Kier molecular flexibility index (Phi) is 7.78. The van der Waals surface area contributed by atoms with E-state index in [1.165, 1.54) is 13.3 Å². The van der Waals surface area contributed by atoms with Crippen molar-refractivity contribution in [2.45, 2.75) is 0 Å². The van der Waals surface area contributed by atoms with E-state index in [0.29, 0.717) is 0 Å². The molecule has 0 bridgehead atoms. The Balaban J connectivity index is 0. The van der Waals surface area contributed by atoms with Gasteiger partial charge in [0.2, 0.25) is 0 Å². The molecule has 9 heavy (non-hydrogen) atoms. The molecule has 0 aromatic rings. The number of rotatable bonds is 0. The van der Waals surface area contributed by atoms with Crippen molar-refractivity contribution in [2.75, 3.05) is 25.8 Å². The summed E-state index contributed by atoms with van der Waals surface area (Å²) in [6.07, 6.45) is 3.28. The lowest BCUT2D eigenvalue weighted by Crippen LogP contribution is -1.86. The van der Waals surface area contributed by atoms with Crippen molar-refractivity contribution in [3.8, 4) is 0 Å². The molecule has 0 aliphatic carbocycles. The lowest BCUT2D eigenvalue weighted by Gasteiger charge is -1.87. The zero-order valence-corrected chi connectivity index (χ0v) is 8.52. The number of hydrogen-bond donors (Lipinski definition) is 0. The smallest absolute Gasteiger partial charge is 0.163 e. The molecule has 0 atom stereocenters. The van der Waals surface area contributed by atoms with Crippen molar-refractivity contribution in [1.82, 2.24) is 0 Å². The molecule has 0 saturated heterocycles. The monoisotopic (exact) mass is 190 g/mol. The summed E-state index contributed by atoms with van der Waals surface area (Å²) >= 11 is 4.47. The summed E-state index contributed by atoms with van der Waals surface area (Å²) in [6, 6.07) is 0. The number of halogens is 1. The van der Waals surface area contributed by atoms with Crippen LogP contribution >= 0.6 is 17.7 Å². The lowest BCUT2D eigenvalue weighted by atomic mass is 11.9. The number of hydrogen-bond acceptors (Lipinski definition) is 2. The van der Waals surface area contributed by atoms with E-state index in [-0.39, 0.29) is 0 Å². The highest BCUT2D eigenvalue weighted by molar-refractivity contribution is 7.89. The van der Waals surface area contributed by atoms with Crippen LogP contribution in [0.25, 0.3) is 0 Å². The molecule has 2 nitrogen and oxygen atoms in total. The van der Waals surface area contributed by atoms with Crippen LogP contribution in [0.15, 0.2) is 0 Å². The Bertz CT molecular complexity index is 89.7. The van der Waals surface area contributed by atoms with Gasteiger partial charge in [-0.3, -0.25) is 0 Å². The molecule has 0 aliphatic heterocycles. The van der Waals surface area contributed by atoms with E-state index in [9.17, 15) is 9.12 Å². The topological polar surface area (TPSA) is 40.1 Å². The molecule has 0 spiro atoms. The standard InChI is InChI=1S/C2H6ClOP.C2H6OS/c1-5(2,3)4;1-4(2)3/h1-2H3;1-2H3. The van der Waals surface area contributed by atoms with Crippen molar-refractivity contribution in [3.63, 3.8) is 0 Å². The van der Waals surface area contributed by atoms with E-state index >= 15 is 0 Å². The van der Waals surface area contributed by atoms with Gasteiger partial charge < -0.3 is 9.12 Å². The molecule has 5 heteroatoms. The van der Waals surface area contributed by atoms with Gasteiger partial charge in [0.1, 0.15) is 0 Å². The molecule has 0 saturated carbocycles. The third kappa shape index (κ3) is 598. The fraction of sp³-hybridized carbons (Fsp3) is 1.00. The minimum absolute atomic E-state index is 0.611. The first-order chi connectivity index (χ1) is 3.73. The van der Waals surface area contributed by atoms with Crippen molar-refractivity contribution in [2.24, 2.45) is 0 Å². The molecule has 0 aromatic carbocycles. The SMILES string of the molecule is CP(C)(=O)Cl.C[S+](C)[O-]. The highest BCUT2D eigenvalue weighted by atomic mass is 35.7. The van der Waals surface area contributed by atoms with Gasteiger partial charge >= 0.3 is 0 Å². The van der Waals surface area contributed by atoms with Crippen molar-refractivity contribution in [1.29, 1.82) is 0 Å². The van der Waals surface area contributed by atoms with E-state index in [0.717, 1.165) is 0 Å². The van der Waals surface area contributed by atoms with E-state index in [1.807, 2.05) is 0 Å². The van der Waals surface area contributed by atoms with Gasteiger partial charge in [-0.05, 0) is 0 Å². The fourth-order valence-electron chi connectivity index (χ4n) is 0. The van der Waals surface area contributed by atoms with Crippen LogP contribution in [0.3, 0.4) is 0 Å². The van der Waals surface area contributed by atoms with Crippen molar-refractivity contribution < 1.29 is 9.12 Å². The quantitative estimate of drug-likeness (QED) is 0.431. The van der Waals surface area contributed by atoms with Gasteiger partial charge in [0.05, 0.1) is 12.5 Å². The maximum Gasteiger partial charge on any atom is 0.163 e. The van der Waals surface area contributed by atoms with E-state index < -0.39 is 17.7 Å². The molecule has 0 rings (SSSR count). The van der Waals surface area contributed by atoms with Crippen LogP contribution in [0.2, 0.25) is 0 Å². The van der Waals surface area contributed by atoms with Gasteiger partial charge in [-0.25, -0.2) is 0 Å². The van der Waals surface area contributed by atoms with Crippen LogP contribution in [-0.2, 0) is 15.7 Å². The normalized spacial score (nSPS) is 10.6. The highest BCUT2D eigenvalue weighted by Crippen LogP contribution is 2.41. The third-order valence-corrected chi connectivity index (χ3v) is 0. The van der Waals surface area contributed by atoms with Gasteiger partial charge in [-0.2, -0.15) is 0 Å². The lowest BCUT2D eigenvalue weighted by molar-refractivity contribution is 0.591. The molecule has 58 valence electrons. The maximum atomic E-state index is 9.98. The van der Waals surface area contributed by atoms with Crippen molar-refractivity contribution >= 4 is 28.9 Å². The van der Waals surface area contributed by atoms with E-state index in [4.69, 9.17) is 11.2 Å². The van der Waals surface area contributed by atoms with Gasteiger partial charge in [-0.1, -0.05) is 22.4 Å². The molecule has 0 amide bonds. The van der Waals surface area contributed by atoms with Gasteiger partial charge in [-0.15, -0.1) is 0 Å². The Morgan fingerprint density at radius 2 is 1.44 bits per heavy atom. The average molecular weight is 191 g/mol. The van der Waals surface area contributed by atoms with Crippen LogP contribution in [0, 0.1) is 0 Å². The Morgan fingerprint density at radius 3 is 1.44 bits per heavy atom. The molecule has 0 aromatic heterocycles. The molecule has 0 unspecified atom stereocenters. The summed E-state index contributed by atoms with van der Waals surface area (Å²) in [6.45, 7) is 0.850. The first-order valence-electron chi connectivity index (χ1n) is 2.23. The minimum atomic E-state index is -2.17. The first-order valence-corrected chi connectivity index (χ1v) is 7.70. The summed E-state index contributed by atoms with van der Waals surface area (Å²) in [7, 11) is 0. The summed E-state index contributed by atoms with van der Waals surface area (Å²) < 4.78 is 19.5. The molecule has 0 radical (unpaired) electrons. The van der Waals surface area contributed by atoms with Gasteiger partial charge in [0.25, 0.3) is 0 Å².